The zero-order chi connectivity index (χ0) is 19.9. The lowest BCUT2D eigenvalue weighted by Gasteiger charge is -2.22. The molecule has 146 valence electrons. The van der Waals surface area contributed by atoms with Crippen LogP contribution in [0.4, 0.5) is 0 Å². The Kier molecular flexibility index (Phi) is 4.63. The molecule has 1 fully saturated rings. The summed E-state index contributed by atoms with van der Waals surface area (Å²) in [6, 6.07) is 12.1. The summed E-state index contributed by atoms with van der Waals surface area (Å²) in [5.41, 5.74) is 10.2. The summed E-state index contributed by atoms with van der Waals surface area (Å²) >= 11 is 0. The van der Waals surface area contributed by atoms with Gasteiger partial charge in [-0.25, -0.2) is 0 Å². The summed E-state index contributed by atoms with van der Waals surface area (Å²) in [5.74, 6) is 0.262. The zero-order valence-corrected chi connectivity index (χ0v) is 16.6. The van der Waals surface area contributed by atoms with Gasteiger partial charge in [-0.05, 0) is 63.2 Å². The molecule has 2 aromatic carbocycles. The van der Waals surface area contributed by atoms with Crippen molar-refractivity contribution in [2.75, 3.05) is 27.2 Å². The first-order valence-electron chi connectivity index (χ1n) is 9.61. The molecule has 4 rings (SSSR count). The largest absolute Gasteiger partial charge is 0.492 e. The smallest absolute Gasteiger partial charge is 0.249 e. The molecule has 0 bridgehead atoms. The van der Waals surface area contributed by atoms with Crippen molar-refractivity contribution in [1.29, 1.82) is 0 Å². The highest BCUT2D eigenvalue weighted by Crippen LogP contribution is 2.56. The van der Waals surface area contributed by atoms with Crippen LogP contribution in [-0.2, 0) is 5.41 Å². The third kappa shape index (κ3) is 3.16. The minimum absolute atomic E-state index is 0.160. The third-order valence-corrected chi connectivity index (χ3v) is 5.71. The maximum atomic E-state index is 12.1. The first-order chi connectivity index (χ1) is 13.4. The van der Waals surface area contributed by atoms with Crippen molar-refractivity contribution in [3.63, 3.8) is 0 Å². The highest BCUT2D eigenvalue weighted by atomic mass is 16.5. The maximum absolute atomic E-state index is 12.1. The average Bonchev–Trinajstić information content (AvgIpc) is 3.30. The van der Waals surface area contributed by atoms with Crippen LogP contribution in [0.5, 0.6) is 5.75 Å². The van der Waals surface area contributed by atoms with Gasteiger partial charge in [0.25, 0.3) is 0 Å². The van der Waals surface area contributed by atoms with E-state index in [1.807, 2.05) is 27.1 Å². The van der Waals surface area contributed by atoms with Crippen LogP contribution in [0.2, 0.25) is 0 Å². The number of likely N-dealkylation sites (N-methyl/N-ethyl adjacent to an activating group) is 1. The molecule has 0 aliphatic heterocycles. The lowest BCUT2D eigenvalue weighted by molar-refractivity contribution is 0.0999. The van der Waals surface area contributed by atoms with E-state index in [4.69, 9.17) is 14.9 Å². The van der Waals surface area contributed by atoms with Crippen LogP contribution in [-0.4, -0.2) is 38.1 Å². The first kappa shape index (κ1) is 18.6. The van der Waals surface area contributed by atoms with Crippen molar-refractivity contribution in [1.82, 2.24) is 4.90 Å². The van der Waals surface area contributed by atoms with E-state index in [1.54, 1.807) is 12.3 Å². The Balaban J connectivity index is 1.81. The van der Waals surface area contributed by atoms with Crippen molar-refractivity contribution < 1.29 is 13.9 Å². The highest BCUT2D eigenvalue weighted by Gasteiger charge is 2.49. The molecule has 1 aliphatic carbocycles. The number of carbonyl (C=O) groups excluding carboxylic acids is 1. The molecule has 0 saturated heterocycles. The standard InChI is InChI=1S/C23H26N2O3/c1-15-18(22(24)26)13-17(27-12-10-25(2)3)14-20(15)23(8-9-23)19-6-4-5-16-7-11-28-21(16)19/h4-7,11,13-14H,8-10,12H2,1-3H3,(H2,24,26). The number of hydrogen-bond donors (Lipinski definition) is 1. The third-order valence-electron chi connectivity index (χ3n) is 5.71. The van der Waals surface area contributed by atoms with Crippen LogP contribution in [0.25, 0.3) is 11.0 Å². The van der Waals surface area contributed by atoms with Gasteiger partial charge in [0.1, 0.15) is 17.9 Å². The van der Waals surface area contributed by atoms with Crippen molar-refractivity contribution >= 4 is 16.9 Å². The summed E-state index contributed by atoms with van der Waals surface area (Å²) in [6.07, 6.45) is 3.74. The Hall–Kier alpha value is -2.79. The maximum Gasteiger partial charge on any atom is 0.249 e. The molecule has 0 radical (unpaired) electrons. The molecule has 1 aromatic heterocycles. The van der Waals surface area contributed by atoms with E-state index in [-0.39, 0.29) is 5.41 Å². The number of rotatable bonds is 7. The van der Waals surface area contributed by atoms with E-state index >= 15 is 0 Å². The number of primary amides is 1. The first-order valence-corrected chi connectivity index (χ1v) is 9.61. The van der Waals surface area contributed by atoms with Gasteiger partial charge in [0.15, 0.2) is 0 Å². The molecule has 28 heavy (non-hydrogen) atoms. The van der Waals surface area contributed by atoms with Gasteiger partial charge >= 0.3 is 0 Å². The minimum atomic E-state index is -0.427. The van der Waals surface area contributed by atoms with Crippen LogP contribution >= 0.6 is 0 Å². The van der Waals surface area contributed by atoms with E-state index in [0.717, 1.165) is 41.5 Å². The van der Waals surface area contributed by atoms with Gasteiger partial charge in [-0.15, -0.1) is 0 Å². The second-order valence-electron chi connectivity index (χ2n) is 7.89. The van der Waals surface area contributed by atoms with Crippen molar-refractivity contribution in [3.8, 4) is 5.75 Å². The highest BCUT2D eigenvalue weighted by molar-refractivity contribution is 5.95. The second-order valence-corrected chi connectivity index (χ2v) is 7.89. The Morgan fingerprint density at radius 1 is 1.21 bits per heavy atom. The van der Waals surface area contributed by atoms with E-state index in [0.29, 0.717) is 17.9 Å². The molecule has 5 nitrogen and oxygen atoms in total. The molecule has 0 spiro atoms. The van der Waals surface area contributed by atoms with Crippen molar-refractivity contribution in [3.05, 3.63) is 64.9 Å². The fourth-order valence-electron chi connectivity index (χ4n) is 4.05. The van der Waals surface area contributed by atoms with Crippen LogP contribution in [0.3, 0.4) is 0 Å². The molecular weight excluding hydrogens is 352 g/mol. The Bertz CT molecular complexity index is 1030. The van der Waals surface area contributed by atoms with Gasteiger partial charge in [-0.3, -0.25) is 4.79 Å². The fraction of sp³-hybridized carbons (Fsp3) is 0.348. The quantitative estimate of drug-likeness (QED) is 0.678. The number of carbonyl (C=O) groups is 1. The second kappa shape index (κ2) is 6.99. The molecular formula is C23H26N2O3. The van der Waals surface area contributed by atoms with Crippen LogP contribution < -0.4 is 10.5 Å². The van der Waals surface area contributed by atoms with Gasteiger partial charge in [-0.1, -0.05) is 18.2 Å². The Morgan fingerprint density at radius 2 is 2.00 bits per heavy atom. The van der Waals surface area contributed by atoms with Crippen molar-refractivity contribution in [2.24, 2.45) is 5.73 Å². The van der Waals surface area contributed by atoms with Gasteiger partial charge in [0.2, 0.25) is 5.91 Å². The molecule has 1 saturated carbocycles. The number of hydrogen-bond acceptors (Lipinski definition) is 4. The molecule has 2 N–H and O–H groups in total. The molecule has 1 heterocycles. The lowest BCUT2D eigenvalue weighted by Crippen LogP contribution is -2.21. The zero-order valence-electron chi connectivity index (χ0n) is 16.6. The van der Waals surface area contributed by atoms with E-state index in [1.165, 1.54) is 5.56 Å². The number of nitrogens with zero attached hydrogens (tertiary/aromatic N) is 1. The summed E-state index contributed by atoms with van der Waals surface area (Å²) in [4.78, 5) is 14.2. The molecule has 0 atom stereocenters. The molecule has 0 unspecified atom stereocenters. The predicted octanol–water partition coefficient (Wildman–Crippen LogP) is 3.86. The number of nitrogens with two attached hydrogens (primary N) is 1. The van der Waals surface area contributed by atoms with Crippen LogP contribution in [0.15, 0.2) is 47.1 Å². The van der Waals surface area contributed by atoms with E-state index < -0.39 is 5.91 Å². The predicted molar refractivity (Wildman–Crippen MR) is 110 cm³/mol. The fourth-order valence-corrected chi connectivity index (χ4v) is 4.05. The molecule has 1 amide bonds. The van der Waals surface area contributed by atoms with Crippen LogP contribution in [0, 0.1) is 6.92 Å². The van der Waals surface area contributed by atoms with Gasteiger partial charge in [0, 0.05) is 28.5 Å². The molecule has 1 aliphatic rings. The summed E-state index contributed by atoms with van der Waals surface area (Å²) in [5, 5.41) is 1.09. The topological polar surface area (TPSA) is 68.7 Å². The number of fused-ring (bicyclic) bond motifs is 1. The minimum Gasteiger partial charge on any atom is -0.492 e. The number of benzene rings is 2. The van der Waals surface area contributed by atoms with Crippen molar-refractivity contribution in [2.45, 2.75) is 25.2 Å². The van der Waals surface area contributed by atoms with Gasteiger partial charge in [0.05, 0.1) is 6.26 Å². The molecule has 3 aromatic rings. The van der Waals surface area contributed by atoms with E-state index in [9.17, 15) is 4.79 Å². The monoisotopic (exact) mass is 378 g/mol. The molecule has 5 heteroatoms. The summed E-state index contributed by atoms with van der Waals surface area (Å²) in [7, 11) is 4.00. The SMILES string of the molecule is Cc1c(C(N)=O)cc(OCCN(C)C)cc1C1(c2cccc3ccoc23)CC1. The summed E-state index contributed by atoms with van der Waals surface area (Å²) in [6.45, 7) is 3.32. The number of furan rings is 1. The van der Waals surface area contributed by atoms with Crippen LogP contribution in [0.1, 0.15) is 39.9 Å². The summed E-state index contributed by atoms with van der Waals surface area (Å²) < 4.78 is 11.8. The normalized spacial score (nSPS) is 15.1. The Morgan fingerprint density at radius 3 is 2.68 bits per heavy atom. The Labute approximate surface area is 165 Å². The van der Waals surface area contributed by atoms with Gasteiger partial charge in [-0.2, -0.15) is 0 Å². The number of para-hydroxylation sites is 1. The van der Waals surface area contributed by atoms with E-state index in [2.05, 4.69) is 29.2 Å². The van der Waals surface area contributed by atoms with Gasteiger partial charge < -0.3 is 19.8 Å². The average molecular weight is 378 g/mol. The number of ether oxygens (including phenoxy) is 1. The number of amides is 1. The lowest BCUT2D eigenvalue weighted by atomic mass is 9.83.